The van der Waals surface area contributed by atoms with Gasteiger partial charge in [-0.15, -0.1) is 0 Å². The molecule has 0 aromatic rings. The van der Waals surface area contributed by atoms with Gasteiger partial charge in [-0.2, -0.15) is 0 Å². The lowest BCUT2D eigenvalue weighted by atomic mass is 9.53. The molecule has 0 aromatic heterocycles. The molecule has 0 aliphatic heterocycles. The second-order valence-electron chi connectivity index (χ2n) is 5.86. The third-order valence-electron chi connectivity index (χ3n) is 4.71. The summed E-state index contributed by atoms with van der Waals surface area (Å²) in [5.74, 6) is -1.62. The van der Waals surface area contributed by atoms with Gasteiger partial charge in [0.1, 0.15) is 0 Å². The van der Waals surface area contributed by atoms with Crippen LogP contribution in [0.5, 0.6) is 0 Å². The van der Waals surface area contributed by atoms with Crippen molar-refractivity contribution < 1.29 is 19.4 Å². The Morgan fingerprint density at radius 1 is 1.11 bits per heavy atom. The van der Waals surface area contributed by atoms with Gasteiger partial charge in [0.25, 0.3) is 0 Å². The molecular formula is C15H28O4. The maximum absolute atomic E-state index is 12.4. The molecule has 0 aliphatic carbocycles. The number of aliphatic carboxylic acids is 1. The molecule has 4 heteroatoms. The Bertz CT molecular complexity index is 335. The standard InChI is InChI=1S/C15H28O4/c1-8-15(11(5)6,12(16)17)14(7,10(3)4)13(18)19-9-2/h10-11H,8-9H2,1-7H3,(H,16,17). The van der Waals surface area contributed by atoms with Crippen LogP contribution in [-0.4, -0.2) is 23.7 Å². The fourth-order valence-corrected chi connectivity index (χ4v) is 3.21. The first-order chi connectivity index (χ1) is 8.62. The molecule has 112 valence electrons. The summed E-state index contributed by atoms with van der Waals surface area (Å²) in [5.41, 5.74) is -2.16. The van der Waals surface area contributed by atoms with Crippen molar-refractivity contribution in [2.75, 3.05) is 6.61 Å². The number of hydrogen-bond donors (Lipinski definition) is 1. The van der Waals surface area contributed by atoms with Gasteiger partial charge in [-0.25, -0.2) is 0 Å². The van der Waals surface area contributed by atoms with Crippen LogP contribution in [0, 0.1) is 22.7 Å². The Labute approximate surface area is 116 Å². The Balaban J connectivity index is 6.07. The van der Waals surface area contributed by atoms with Gasteiger partial charge in [-0.1, -0.05) is 34.6 Å². The van der Waals surface area contributed by atoms with Gasteiger partial charge in [-0.3, -0.25) is 9.59 Å². The molecule has 0 rings (SSSR count). The lowest BCUT2D eigenvalue weighted by Gasteiger charge is -2.48. The van der Waals surface area contributed by atoms with Crippen LogP contribution in [0.1, 0.15) is 54.9 Å². The third kappa shape index (κ3) is 2.63. The summed E-state index contributed by atoms with van der Waals surface area (Å²) in [4.78, 5) is 24.4. The molecule has 0 aromatic carbocycles. The maximum atomic E-state index is 12.4. The minimum absolute atomic E-state index is 0.120. The van der Waals surface area contributed by atoms with E-state index < -0.39 is 22.8 Å². The Kier molecular flexibility index (Phi) is 6.04. The number of carbonyl (C=O) groups is 2. The fourth-order valence-electron chi connectivity index (χ4n) is 3.21. The van der Waals surface area contributed by atoms with E-state index in [2.05, 4.69) is 0 Å². The van der Waals surface area contributed by atoms with E-state index in [0.717, 1.165) is 0 Å². The van der Waals surface area contributed by atoms with E-state index in [9.17, 15) is 14.7 Å². The second-order valence-corrected chi connectivity index (χ2v) is 5.86. The Hall–Kier alpha value is -1.06. The zero-order valence-electron chi connectivity index (χ0n) is 13.2. The summed E-state index contributed by atoms with van der Waals surface area (Å²) in [6.45, 7) is 13.0. The van der Waals surface area contributed by atoms with E-state index in [1.807, 2.05) is 34.6 Å². The molecule has 2 unspecified atom stereocenters. The van der Waals surface area contributed by atoms with Crippen molar-refractivity contribution in [3.63, 3.8) is 0 Å². The van der Waals surface area contributed by atoms with E-state index in [-0.39, 0.29) is 18.4 Å². The summed E-state index contributed by atoms with van der Waals surface area (Å²) < 4.78 is 5.17. The number of hydrogen-bond acceptors (Lipinski definition) is 3. The van der Waals surface area contributed by atoms with Crippen LogP contribution in [0.4, 0.5) is 0 Å². The molecule has 0 radical (unpaired) electrons. The molecule has 0 fully saturated rings. The van der Waals surface area contributed by atoms with Gasteiger partial charge in [0.15, 0.2) is 0 Å². The molecule has 0 amide bonds. The highest BCUT2D eigenvalue weighted by atomic mass is 16.5. The first kappa shape index (κ1) is 17.9. The van der Waals surface area contributed by atoms with Crippen LogP contribution in [0.25, 0.3) is 0 Å². The normalized spacial score (nSPS) is 17.9. The van der Waals surface area contributed by atoms with Crippen LogP contribution in [0.3, 0.4) is 0 Å². The van der Waals surface area contributed by atoms with E-state index in [4.69, 9.17) is 4.74 Å². The highest BCUT2D eigenvalue weighted by Gasteiger charge is 2.61. The van der Waals surface area contributed by atoms with Gasteiger partial charge in [-0.05, 0) is 32.1 Å². The number of carboxylic acid groups (broad SMARTS) is 1. The summed E-state index contributed by atoms with van der Waals surface area (Å²) in [6, 6.07) is 0. The quantitative estimate of drug-likeness (QED) is 0.722. The van der Waals surface area contributed by atoms with Crippen LogP contribution in [0.15, 0.2) is 0 Å². The zero-order chi connectivity index (χ0) is 15.4. The van der Waals surface area contributed by atoms with Gasteiger partial charge >= 0.3 is 11.9 Å². The molecule has 0 aliphatic rings. The van der Waals surface area contributed by atoms with Gasteiger partial charge < -0.3 is 9.84 Å². The minimum Gasteiger partial charge on any atom is -0.481 e. The fraction of sp³-hybridized carbons (Fsp3) is 0.867. The first-order valence-electron chi connectivity index (χ1n) is 7.03. The average Bonchev–Trinajstić information content (AvgIpc) is 2.28. The monoisotopic (exact) mass is 272 g/mol. The molecule has 0 spiro atoms. The first-order valence-corrected chi connectivity index (χ1v) is 7.03. The average molecular weight is 272 g/mol. The van der Waals surface area contributed by atoms with E-state index >= 15 is 0 Å². The van der Waals surface area contributed by atoms with E-state index in [1.165, 1.54) is 0 Å². The number of esters is 1. The smallest absolute Gasteiger partial charge is 0.313 e. The summed E-state index contributed by atoms with van der Waals surface area (Å²) in [5, 5.41) is 9.79. The van der Waals surface area contributed by atoms with Crippen molar-refractivity contribution in [1.29, 1.82) is 0 Å². The number of ether oxygens (including phenoxy) is 1. The van der Waals surface area contributed by atoms with Crippen molar-refractivity contribution >= 4 is 11.9 Å². The molecule has 0 saturated heterocycles. The largest absolute Gasteiger partial charge is 0.481 e. The summed E-state index contributed by atoms with van der Waals surface area (Å²) in [7, 11) is 0. The van der Waals surface area contributed by atoms with Gasteiger partial charge in [0.05, 0.1) is 17.4 Å². The van der Waals surface area contributed by atoms with Crippen molar-refractivity contribution in [1.82, 2.24) is 0 Å². The summed E-state index contributed by atoms with van der Waals surface area (Å²) in [6.07, 6.45) is 0.396. The van der Waals surface area contributed by atoms with Crippen LogP contribution in [0.2, 0.25) is 0 Å². The topological polar surface area (TPSA) is 63.6 Å². The molecule has 0 saturated carbocycles. The molecule has 0 heterocycles. The molecule has 19 heavy (non-hydrogen) atoms. The predicted molar refractivity (Wildman–Crippen MR) is 74.8 cm³/mol. The summed E-state index contributed by atoms with van der Waals surface area (Å²) >= 11 is 0. The maximum Gasteiger partial charge on any atom is 0.313 e. The predicted octanol–water partition coefficient (Wildman–Crippen LogP) is 3.35. The zero-order valence-corrected chi connectivity index (χ0v) is 13.2. The van der Waals surface area contributed by atoms with E-state index in [0.29, 0.717) is 6.42 Å². The number of carboxylic acids is 1. The molecule has 2 atom stereocenters. The number of rotatable bonds is 7. The Morgan fingerprint density at radius 3 is 1.79 bits per heavy atom. The van der Waals surface area contributed by atoms with Gasteiger partial charge in [0, 0.05) is 0 Å². The molecule has 0 bridgehead atoms. The lowest BCUT2D eigenvalue weighted by Crippen LogP contribution is -2.56. The van der Waals surface area contributed by atoms with Gasteiger partial charge in [0.2, 0.25) is 0 Å². The number of carbonyl (C=O) groups excluding carboxylic acids is 1. The lowest BCUT2D eigenvalue weighted by molar-refractivity contribution is -0.187. The van der Waals surface area contributed by atoms with Crippen LogP contribution < -0.4 is 0 Å². The highest BCUT2D eigenvalue weighted by molar-refractivity contribution is 5.87. The molecular weight excluding hydrogens is 244 g/mol. The second kappa shape index (κ2) is 6.40. The SMILES string of the molecule is CCOC(=O)C(C)(C(C)C)C(CC)(C(=O)O)C(C)C. The Morgan fingerprint density at radius 2 is 1.58 bits per heavy atom. The van der Waals surface area contributed by atoms with Crippen molar-refractivity contribution in [3.05, 3.63) is 0 Å². The van der Waals surface area contributed by atoms with Crippen molar-refractivity contribution in [2.24, 2.45) is 22.7 Å². The third-order valence-corrected chi connectivity index (χ3v) is 4.71. The van der Waals surface area contributed by atoms with Crippen molar-refractivity contribution in [3.8, 4) is 0 Å². The van der Waals surface area contributed by atoms with Crippen molar-refractivity contribution in [2.45, 2.75) is 54.9 Å². The van der Waals surface area contributed by atoms with Crippen LogP contribution in [-0.2, 0) is 14.3 Å². The molecule has 4 nitrogen and oxygen atoms in total. The van der Waals surface area contributed by atoms with E-state index in [1.54, 1.807) is 13.8 Å². The highest BCUT2D eigenvalue weighted by Crippen LogP contribution is 2.53. The molecule has 1 N–H and O–H groups in total. The van der Waals surface area contributed by atoms with Crippen LogP contribution >= 0.6 is 0 Å². The minimum atomic E-state index is -1.12.